The predicted molar refractivity (Wildman–Crippen MR) is 94.2 cm³/mol. The van der Waals surface area contributed by atoms with Gasteiger partial charge in [0.25, 0.3) is 0 Å². The molecule has 2 heteroatoms. The summed E-state index contributed by atoms with van der Waals surface area (Å²) in [5, 5.41) is 2.44. The van der Waals surface area contributed by atoms with Gasteiger partial charge in [0, 0.05) is 17.9 Å². The Labute approximate surface area is 136 Å². The van der Waals surface area contributed by atoms with Gasteiger partial charge < -0.3 is 4.74 Å². The second-order valence-corrected chi connectivity index (χ2v) is 5.68. The molecule has 0 spiro atoms. The maximum atomic E-state index is 11.5. The van der Waals surface area contributed by atoms with Crippen LogP contribution in [0, 0.1) is 5.92 Å². The molecule has 23 heavy (non-hydrogen) atoms. The Hall–Kier alpha value is -2.61. The molecule has 1 atom stereocenters. The minimum absolute atomic E-state index is 0.117. The van der Waals surface area contributed by atoms with Crippen molar-refractivity contribution in [1.29, 1.82) is 0 Å². The van der Waals surface area contributed by atoms with Gasteiger partial charge in [-0.1, -0.05) is 72.8 Å². The number of hydrogen-bond acceptors (Lipinski definition) is 2. The van der Waals surface area contributed by atoms with Crippen LogP contribution in [0.5, 0.6) is 0 Å². The van der Waals surface area contributed by atoms with E-state index in [1.165, 1.54) is 29.5 Å². The van der Waals surface area contributed by atoms with Gasteiger partial charge in [-0.25, -0.2) is 4.79 Å². The van der Waals surface area contributed by atoms with Gasteiger partial charge in [0.05, 0.1) is 7.11 Å². The molecule has 0 unspecified atom stereocenters. The van der Waals surface area contributed by atoms with Crippen molar-refractivity contribution in [3.8, 4) is 0 Å². The van der Waals surface area contributed by atoms with Crippen LogP contribution in [0.2, 0.25) is 0 Å². The van der Waals surface area contributed by atoms with E-state index >= 15 is 0 Å². The number of rotatable bonds is 4. The normalized spacial score (nSPS) is 16.0. The Morgan fingerprint density at radius 3 is 2.61 bits per heavy atom. The van der Waals surface area contributed by atoms with Gasteiger partial charge in [0.15, 0.2) is 0 Å². The topological polar surface area (TPSA) is 26.3 Å². The molecule has 0 radical (unpaired) electrons. The van der Waals surface area contributed by atoms with E-state index in [4.69, 9.17) is 4.74 Å². The Kier molecular flexibility index (Phi) is 4.72. The second-order valence-electron chi connectivity index (χ2n) is 5.68. The number of hydrogen-bond donors (Lipinski definition) is 0. The first kappa shape index (κ1) is 15.3. The molecule has 0 aliphatic heterocycles. The number of fused-ring (bicyclic) bond motifs is 1. The summed E-state index contributed by atoms with van der Waals surface area (Å²) in [4.78, 5) is 11.5. The van der Waals surface area contributed by atoms with Crippen LogP contribution in [0.25, 0.3) is 10.8 Å². The smallest absolute Gasteiger partial charge is 0.330 e. The fraction of sp³-hybridized carbons (Fsp3) is 0.190. The van der Waals surface area contributed by atoms with Crippen molar-refractivity contribution in [2.75, 3.05) is 7.11 Å². The van der Waals surface area contributed by atoms with E-state index in [0.717, 1.165) is 6.42 Å². The lowest BCUT2D eigenvalue weighted by atomic mass is 9.82. The quantitative estimate of drug-likeness (QED) is 0.461. The van der Waals surface area contributed by atoms with E-state index in [0.29, 0.717) is 0 Å². The second kappa shape index (κ2) is 7.10. The van der Waals surface area contributed by atoms with Crippen molar-refractivity contribution in [1.82, 2.24) is 0 Å². The van der Waals surface area contributed by atoms with Crippen molar-refractivity contribution in [2.24, 2.45) is 5.92 Å². The predicted octanol–water partition coefficient (Wildman–Crippen LogP) is 4.78. The van der Waals surface area contributed by atoms with Gasteiger partial charge in [-0.05, 0) is 22.8 Å². The van der Waals surface area contributed by atoms with Crippen molar-refractivity contribution >= 4 is 16.7 Å². The number of esters is 1. The zero-order chi connectivity index (χ0) is 16.1. The number of methoxy groups -OCH3 is 1. The third-order valence-corrected chi connectivity index (χ3v) is 4.20. The highest BCUT2D eigenvalue weighted by Gasteiger charge is 2.18. The van der Waals surface area contributed by atoms with Gasteiger partial charge in [-0.15, -0.1) is 0 Å². The fourth-order valence-corrected chi connectivity index (χ4v) is 2.98. The van der Waals surface area contributed by atoms with Crippen LogP contribution < -0.4 is 0 Å². The van der Waals surface area contributed by atoms with Crippen LogP contribution in [0.1, 0.15) is 17.9 Å². The molecular weight excluding hydrogens is 284 g/mol. The van der Waals surface area contributed by atoms with Crippen LogP contribution in [0.3, 0.4) is 0 Å². The van der Waals surface area contributed by atoms with Crippen LogP contribution >= 0.6 is 0 Å². The average molecular weight is 304 g/mol. The van der Waals surface area contributed by atoms with Crippen molar-refractivity contribution < 1.29 is 9.53 Å². The lowest BCUT2D eigenvalue weighted by molar-refractivity contribution is -0.134. The monoisotopic (exact) mass is 304 g/mol. The summed E-state index contributed by atoms with van der Waals surface area (Å²) in [6.45, 7) is 0. The molecule has 0 N–H and O–H groups in total. The summed E-state index contributed by atoms with van der Waals surface area (Å²) in [5.74, 6) is 0.0527. The zero-order valence-corrected chi connectivity index (χ0v) is 13.2. The summed E-state index contributed by atoms with van der Waals surface area (Å²) < 4.78 is 4.73. The molecule has 1 aliphatic rings. The highest BCUT2D eigenvalue weighted by molar-refractivity contribution is 5.84. The number of allylic oxidation sites excluding steroid dienone is 5. The minimum atomic E-state index is -0.320. The Bertz CT molecular complexity index is 771. The third kappa shape index (κ3) is 3.59. The summed E-state index contributed by atoms with van der Waals surface area (Å²) in [6, 6.07) is 14.8. The third-order valence-electron chi connectivity index (χ3n) is 4.20. The van der Waals surface area contributed by atoms with Crippen LogP contribution in [0.4, 0.5) is 0 Å². The molecule has 3 rings (SSSR count). The maximum absolute atomic E-state index is 11.5. The van der Waals surface area contributed by atoms with Crippen molar-refractivity contribution in [2.45, 2.75) is 12.3 Å². The van der Waals surface area contributed by atoms with E-state index in [9.17, 15) is 4.79 Å². The molecule has 0 saturated carbocycles. The molecule has 0 fully saturated rings. The van der Waals surface area contributed by atoms with Crippen LogP contribution in [-0.2, 0) is 9.53 Å². The van der Waals surface area contributed by atoms with E-state index in [-0.39, 0.29) is 17.8 Å². The largest absolute Gasteiger partial charge is 0.466 e. The van der Waals surface area contributed by atoms with Crippen molar-refractivity contribution in [3.63, 3.8) is 0 Å². The van der Waals surface area contributed by atoms with Gasteiger partial charge >= 0.3 is 5.97 Å². The molecule has 0 heterocycles. The Morgan fingerprint density at radius 1 is 1.13 bits per heavy atom. The lowest BCUT2D eigenvalue weighted by Gasteiger charge is -2.21. The molecular formula is C21H20O2. The number of ether oxygens (including phenoxy) is 1. The lowest BCUT2D eigenvalue weighted by Crippen LogP contribution is -2.09. The number of carbonyl (C=O) groups excluding carboxylic acids is 1. The molecule has 0 amide bonds. The first-order valence-corrected chi connectivity index (χ1v) is 7.86. The minimum Gasteiger partial charge on any atom is -0.466 e. The molecule has 0 saturated heterocycles. The van der Waals surface area contributed by atoms with Crippen molar-refractivity contribution in [3.05, 3.63) is 84.5 Å². The molecule has 2 aromatic rings. The highest BCUT2D eigenvalue weighted by atomic mass is 16.5. The molecule has 0 bridgehead atoms. The zero-order valence-electron chi connectivity index (χ0n) is 13.2. The Balaban J connectivity index is 1.99. The SMILES string of the molecule is COC(=O)/C=C/[C@@H](c1ccc2ccccc2c1)C1C=CCC=C1. The van der Waals surface area contributed by atoms with E-state index in [1.807, 2.05) is 18.2 Å². The summed E-state index contributed by atoms with van der Waals surface area (Å²) in [6.07, 6.45) is 13.2. The molecule has 116 valence electrons. The summed E-state index contributed by atoms with van der Waals surface area (Å²) in [7, 11) is 1.40. The Morgan fingerprint density at radius 2 is 1.87 bits per heavy atom. The maximum Gasteiger partial charge on any atom is 0.330 e. The standard InChI is InChI=1S/C21H20O2/c1-23-21(22)14-13-20(17-8-3-2-4-9-17)19-12-11-16-7-5-6-10-18(16)15-19/h3-15,17,20H,2H2,1H3/b14-13+/t20-/m1/s1. The number of benzene rings is 2. The van der Waals surface area contributed by atoms with Crippen LogP contribution in [0.15, 0.2) is 78.9 Å². The first-order valence-electron chi connectivity index (χ1n) is 7.86. The van der Waals surface area contributed by atoms with Gasteiger partial charge in [0.1, 0.15) is 0 Å². The molecule has 0 aromatic heterocycles. The van der Waals surface area contributed by atoms with Crippen LogP contribution in [-0.4, -0.2) is 13.1 Å². The van der Waals surface area contributed by atoms with Gasteiger partial charge in [-0.2, -0.15) is 0 Å². The number of carbonyl (C=O) groups is 1. The summed E-state index contributed by atoms with van der Waals surface area (Å²) in [5.41, 5.74) is 1.20. The summed E-state index contributed by atoms with van der Waals surface area (Å²) >= 11 is 0. The van der Waals surface area contributed by atoms with E-state index in [1.54, 1.807) is 0 Å². The fourth-order valence-electron chi connectivity index (χ4n) is 2.98. The highest BCUT2D eigenvalue weighted by Crippen LogP contribution is 2.32. The molecule has 1 aliphatic carbocycles. The van der Waals surface area contributed by atoms with Gasteiger partial charge in [-0.3, -0.25) is 0 Å². The van der Waals surface area contributed by atoms with Gasteiger partial charge in [0.2, 0.25) is 0 Å². The molecule has 2 aromatic carbocycles. The van der Waals surface area contributed by atoms with E-state index < -0.39 is 0 Å². The molecule has 2 nitrogen and oxygen atoms in total. The van der Waals surface area contributed by atoms with E-state index in [2.05, 4.69) is 54.6 Å². The average Bonchev–Trinajstić information content (AvgIpc) is 2.62. The first-order chi connectivity index (χ1) is 11.3.